The van der Waals surface area contributed by atoms with Crippen molar-refractivity contribution in [2.75, 3.05) is 0 Å². The quantitative estimate of drug-likeness (QED) is 0.746. The SMILES string of the molecule is C[C@H](C[C@@H](O)c1ccco1)NC(=O)NCc1noc(C(C)(C)C)n1. The van der Waals surface area contributed by atoms with Crippen molar-refractivity contribution in [3.8, 4) is 0 Å². The van der Waals surface area contributed by atoms with Crippen LogP contribution in [0.5, 0.6) is 0 Å². The van der Waals surface area contributed by atoms with E-state index >= 15 is 0 Å². The molecule has 0 spiro atoms. The number of hydrogen-bond donors (Lipinski definition) is 3. The van der Waals surface area contributed by atoms with Crippen molar-refractivity contribution in [1.29, 1.82) is 0 Å². The molecule has 0 unspecified atom stereocenters. The summed E-state index contributed by atoms with van der Waals surface area (Å²) in [6, 6.07) is 2.80. The van der Waals surface area contributed by atoms with E-state index in [4.69, 9.17) is 8.94 Å². The maximum absolute atomic E-state index is 11.9. The lowest BCUT2D eigenvalue weighted by Gasteiger charge is -2.16. The van der Waals surface area contributed by atoms with E-state index in [0.717, 1.165) is 0 Å². The largest absolute Gasteiger partial charge is 0.467 e. The minimum atomic E-state index is -0.762. The minimum absolute atomic E-state index is 0.166. The molecule has 0 aromatic carbocycles. The van der Waals surface area contributed by atoms with E-state index < -0.39 is 6.10 Å². The Bertz CT molecular complexity index is 645. The third-order valence-corrected chi connectivity index (χ3v) is 3.34. The summed E-state index contributed by atoms with van der Waals surface area (Å²) in [7, 11) is 0. The smallest absolute Gasteiger partial charge is 0.315 e. The van der Waals surface area contributed by atoms with Crippen LogP contribution in [0.3, 0.4) is 0 Å². The molecule has 8 nitrogen and oxygen atoms in total. The molecule has 0 aliphatic heterocycles. The van der Waals surface area contributed by atoms with Gasteiger partial charge in [-0.05, 0) is 19.1 Å². The van der Waals surface area contributed by atoms with Crippen molar-refractivity contribution >= 4 is 6.03 Å². The first-order valence-electron chi connectivity index (χ1n) is 7.84. The van der Waals surface area contributed by atoms with Crippen molar-refractivity contribution in [2.45, 2.75) is 58.2 Å². The van der Waals surface area contributed by atoms with Gasteiger partial charge in [-0.2, -0.15) is 4.98 Å². The van der Waals surface area contributed by atoms with E-state index in [1.54, 1.807) is 19.1 Å². The second-order valence-corrected chi connectivity index (χ2v) is 6.76. The fourth-order valence-electron chi connectivity index (χ4n) is 2.06. The molecular formula is C16H24N4O4. The van der Waals surface area contributed by atoms with Crippen LogP contribution in [-0.2, 0) is 12.0 Å². The van der Waals surface area contributed by atoms with Crippen LogP contribution in [-0.4, -0.2) is 27.3 Å². The van der Waals surface area contributed by atoms with Crippen molar-refractivity contribution < 1.29 is 18.8 Å². The number of amides is 2. The highest BCUT2D eigenvalue weighted by Crippen LogP contribution is 2.20. The molecule has 132 valence electrons. The Balaban J connectivity index is 1.75. The molecule has 0 bridgehead atoms. The zero-order valence-electron chi connectivity index (χ0n) is 14.4. The fraction of sp³-hybridized carbons (Fsp3) is 0.562. The molecule has 0 radical (unpaired) electrons. The number of aliphatic hydroxyl groups excluding tert-OH is 1. The number of rotatable bonds is 6. The van der Waals surface area contributed by atoms with Gasteiger partial charge in [0.15, 0.2) is 5.82 Å². The summed E-state index contributed by atoms with van der Waals surface area (Å²) < 4.78 is 10.3. The Kier molecular flexibility index (Phi) is 5.61. The molecule has 2 aromatic heterocycles. The molecular weight excluding hydrogens is 312 g/mol. The van der Waals surface area contributed by atoms with E-state index in [9.17, 15) is 9.90 Å². The van der Waals surface area contributed by atoms with Gasteiger partial charge in [0.2, 0.25) is 5.89 Å². The predicted octanol–water partition coefficient (Wildman–Crippen LogP) is 2.27. The standard InChI is InChI=1S/C16H24N4O4/c1-10(8-11(21)12-6-5-7-23-12)18-15(22)17-9-13-19-14(24-20-13)16(2,3)4/h5-7,10-11,21H,8-9H2,1-4H3,(H2,17,18,22)/t10-,11-/m1/s1. The van der Waals surface area contributed by atoms with Gasteiger partial charge < -0.3 is 24.7 Å². The molecule has 24 heavy (non-hydrogen) atoms. The molecule has 2 aromatic rings. The second kappa shape index (κ2) is 7.48. The predicted molar refractivity (Wildman–Crippen MR) is 86.1 cm³/mol. The average molecular weight is 336 g/mol. The van der Waals surface area contributed by atoms with Crippen LogP contribution in [0.2, 0.25) is 0 Å². The summed E-state index contributed by atoms with van der Waals surface area (Å²) in [6.45, 7) is 7.87. The molecule has 0 saturated carbocycles. The fourth-order valence-corrected chi connectivity index (χ4v) is 2.06. The van der Waals surface area contributed by atoms with Crippen LogP contribution >= 0.6 is 0 Å². The van der Waals surface area contributed by atoms with Crippen molar-refractivity contribution in [1.82, 2.24) is 20.8 Å². The van der Waals surface area contributed by atoms with E-state index in [2.05, 4.69) is 20.8 Å². The number of furan rings is 1. The molecule has 0 aliphatic rings. The first-order valence-corrected chi connectivity index (χ1v) is 7.84. The third-order valence-electron chi connectivity index (χ3n) is 3.34. The van der Waals surface area contributed by atoms with Gasteiger partial charge in [0, 0.05) is 17.9 Å². The minimum Gasteiger partial charge on any atom is -0.467 e. The lowest BCUT2D eigenvalue weighted by molar-refractivity contribution is 0.129. The summed E-state index contributed by atoms with van der Waals surface area (Å²) in [4.78, 5) is 16.1. The molecule has 2 heterocycles. The van der Waals surface area contributed by atoms with E-state index in [1.807, 2.05) is 20.8 Å². The number of carbonyl (C=O) groups excluding carboxylic acids is 1. The van der Waals surface area contributed by atoms with Crippen LogP contribution in [0.1, 0.15) is 57.7 Å². The van der Waals surface area contributed by atoms with Crippen LogP contribution in [0.4, 0.5) is 4.79 Å². The topological polar surface area (TPSA) is 113 Å². The molecule has 0 aliphatic carbocycles. The van der Waals surface area contributed by atoms with Gasteiger partial charge in [-0.1, -0.05) is 25.9 Å². The van der Waals surface area contributed by atoms with Gasteiger partial charge in [-0.15, -0.1) is 0 Å². The molecule has 0 fully saturated rings. The van der Waals surface area contributed by atoms with Crippen molar-refractivity contribution in [2.24, 2.45) is 0 Å². The van der Waals surface area contributed by atoms with Gasteiger partial charge in [0.05, 0.1) is 12.8 Å². The number of nitrogens with zero attached hydrogens (tertiary/aromatic N) is 2. The molecule has 2 rings (SSSR count). The normalized spacial score (nSPS) is 14.2. The van der Waals surface area contributed by atoms with Gasteiger partial charge in [0.25, 0.3) is 0 Å². The number of nitrogens with one attached hydrogen (secondary N) is 2. The average Bonchev–Trinajstić information content (AvgIpc) is 3.16. The number of aromatic nitrogens is 2. The monoisotopic (exact) mass is 336 g/mol. The number of urea groups is 1. The zero-order valence-corrected chi connectivity index (χ0v) is 14.4. The zero-order chi connectivity index (χ0) is 17.7. The summed E-state index contributed by atoms with van der Waals surface area (Å²) in [5.74, 6) is 1.42. The molecule has 3 N–H and O–H groups in total. The summed E-state index contributed by atoms with van der Waals surface area (Å²) in [6.07, 6.45) is 1.08. The second-order valence-electron chi connectivity index (χ2n) is 6.76. The van der Waals surface area contributed by atoms with Gasteiger partial charge in [-0.3, -0.25) is 0 Å². The number of aliphatic hydroxyl groups is 1. The van der Waals surface area contributed by atoms with Crippen LogP contribution in [0, 0.1) is 0 Å². The Morgan fingerprint density at radius 2 is 2.17 bits per heavy atom. The Labute approximate surface area is 140 Å². The van der Waals surface area contributed by atoms with Gasteiger partial charge in [0.1, 0.15) is 11.9 Å². The highest BCUT2D eigenvalue weighted by Gasteiger charge is 2.22. The number of hydrogen-bond acceptors (Lipinski definition) is 6. The van der Waals surface area contributed by atoms with E-state index in [1.165, 1.54) is 6.26 Å². The van der Waals surface area contributed by atoms with Crippen LogP contribution in [0.15, 0.2) is 27.3 Å². The van der Waals surface area contributed by atoms with E-state index in [0.29, 0.717) is 23.9 Å². The molecule has 8 heteroatoms. The summed E-state index contributed by atoms with van der Waals surface area (Å²) in [5, 5.41) is 19.2. The molecule has 2 atom stereocenters. The highest BCUT2D eigenvalue weighted by molar-refractivity contribution is 5.74. The maximum Gasteiger partial charge on any atom is 0.315 e. The maximum atomic E-state index is 11.9. The Morgan fingerprint density at radius 3 is 2.75 bits per heavy atom. The lowest BCUT2D eigenvalue weighted by atomic mass is 9.97. The van der Waals surface area contributed by atoms with Crippen molar-refractivity contribution in [3.05, 3.63) is 35.9 Å². The van der Waals surface area contributed by atoms with Crippen LogP contribution < -0.4 is 10.6 Å². The number of carbonyl (C=O) groups is 1. The third kappa shape index (κ3) is 5.09. The summed E-state index contributed by atoms with van der Waals surface area (Å²) in [5.41, 5.74) is -0.232. The highest BCUT2D eigenvalue weighted by atomic mass is 16.5. The Hall–Kier alpha value is -2.35. The first-order chi connectivity index (χ1) is 11.3. The first kappa shape index (κ1) is 18.0. The van der Waals surface area contributed by atoms with E-state index in [-0.39, 0.29) is 24.0 Å². The molecule has 0 saturated heterocycles. The van der Waals surface area contributed by atoms with Gasteiger partial charge in [-0.25, -0.2) is 4.79 Å². The van der Waals surface area contributed by atoms with Crippen molar-refractivity contribution in [3.63, 3.8) is 0 Å². The molecule has 2 amide bonds. The summed E-state index contributed by atoms with van der Waals surface area (Å²) >= 11 is 0. The van der Waals surface area contributed by atoms with Crippen LogP contribution in [0.25, 0.3) is 0 Å². The van der Waals surface area contributed by atoms with Gasteiger partial charge >= 0.3 is 6.03 Å². The lowest BCUT2D eigenvalue weighted by Crippen LogP contribution is -2.41. The Morgan fingerprint density at radius 1 is 1.42 bits per heavy atom.